The van der Waals surface area contributed by atoms with Gasteiger partial charge < -0.3 is 10.2 Å². The number of hydrogen-bond acceptors (Lipinski definition) is 3. The predicted octanol–water partition coefficient (Wildman–Crippen LogP) is 4.45. The van der Waals surface area contributed by atoms with Gasteiger partial charge >= 0.3 is 0 Å². The molecule has 1 aliphatic rings. The number of aromatic nitrogens is 1. The van der Waals surface area contributed by atoms with Gasteiger partial charge in [0.2, 0.25) is 0 Å². The molecule has 106 valence electrons. The first-order chi connectivity index (χ1) is 9.15. The van der Waals surface area contributed by atoms with E-state index >= 15 is 0 Å². The van der Waals surface area contributed by atoms with Crippen LogP contribution in [0.4, 0.5) is 11.6 Å². The van der Waals surface area contributed by atoms with Gasteiger partial charge in [0.15, 0.2) is 0 Å². The summed E-state index contributed by atoms with van der Waals surface area (Å²) in [5.41, 5.74) is 0. The minimum absolute atomic E-state index is 0.567. The summed E-state index contributed by atoms with van der Waals surface area (Å²) in [5.74, 6) is 2.38. The van der Waals surface area contributed by atoms with E-state index in [0.717, 1.165) is 24.8 Å². The Morgan fingerprint density at radius 2 is 2.11 bits per heavy atom. The van der Waals surface area contributed by atoms with Gasteiger partial charge in [0.05, 0.1) is 10.0 Å². The van der Waals surface area contributed by atoms with E-state index in [4.69, 9.17) is 23.2 Å². The molecule has 2 rings (SSSR count). The number of pyridine rings is 1. The number of hydrogen-bond donors (Lipinski definition) is 1. The second-order valence-electron chi connectivity index (χ2n) is 5.07. The Hall–Kier alpha value is -0.670. The molecule has 0 aromatic carbocycles. The van der Waals surface area contributed by atoms with Crippen LogP contribution in [0.1, 0.15) is 32.6 Å². The molecule has 0 bridgehead atoms. The lowest BCUT2D eigenvalue weighted by Crippen LogP contribution is -2.25. The maximum absolute atomic E-state index is 6.30. The fraction of sp³-hybridized carbons (Fsp3) is 0.643. The third-order valence-corrected chi connectivity index (χ3v) is 4.44. The van der Waals surface area contributed by atoms with Crippen molar-refractivity contribution < 1.29 is 0 Å². The molecule has 0 radical (unpaired) electrons. The highest BCUT2D eigenvalue weighted by Crippen LogP contribution is 2.33. The van der Waals surface area contributed by atoms with E-state index in [1.165, 1.54) is 25.7 Å². The smallest absolute Gasteiger partial charge is 0.149 e. The average Bonchev–Trinajstić information content (AvgIpc) is 2.64. The first kappa shape index (κ1) is 14.7. The van der Waals surface area contributed by atoms with Crippen molar-refractivity contribution in [2.24, 2.45) is 5.92 Å². The largest absolute Gasteiger partial charge is 0.372 e. The van der Waals surface area contributed by atoms with Crippen LogP contribution < -0.4 is 10.2 Å². The van der Waals surface area contributed by atoms with Gasteiger partial charge in [-0.3, -0.25) is 0 Å². The number of rotatable bonds is 3. The van der Waals surface area contributed by atoms with Crippen molar-refractivity contribution in [2.45, 2.75) is 32.6 Å². The summed E-state index contributed by atoms with van der Waals surface area (Å²) in [6.07, 6.45) is 4.98. The van der Waals surface area contributed by atoms with Crippen molar-refractivity contribution in [3.05, 3.63) is 16.1 Å². The molecule has 1 N–H and O–H groups in total. The second kappa shape index (κ2) is 6.67. The molecule has 1 aliphatic heterocycles. The van der Waals surface area contributed by atoms with Crippen molar-refractivity contribution >= 4 is 34.8 Å². The molecule has 3 nitrogen and oxygen atoms in total. The van der Waals surface area contributed by atoms with Crippen LogP contribution in [-0.2, 0) is 0 Å². The Labute approximate surface area is 125 Å². The van der Waals surface area contributed by atoms with Gasteiger partial charge in [-0.25, -0.2) is 4.98 Å². The van der Waals surface area contributed by atoms with Crippen LogP contribution in [0.15, 0.2) is 6.07 Å². The molecule has 1 saturated heterocycles. The van der Waals surface area contributed by atoms with Crippen LogP contribution in [-0.4, -0.2) is 25.1 Å². The maximum Gasteiger partial charge on any atom is 0.149 e. The second-order valence-corrected chi connectivity index (χ2v) is 5.88. The molecule has 1 fully saturated rings. The van der Waals surface area contributed by atoms with Crippen LogP contribution in [0.3, 0.4) is 0 Å². The van der Waals surface area contributed by atoms with Crippen LogP contribution >= 0.6 is 23.2 Å². The Kier molecular flexibility index (Phi) is 5.17. The first-order valence-corrected chi connectivity index (χ1v) is 7.70. The van der Waals surface area contributed by atoms with E-state index < -0.39 is 0 Å². The highest BCUT2D eigenvalue weighted by atomic mass is 35.5. The number of halogens is 2. The summed E-state index contributed by atoms with van der Waals surface area (Å²) in [6.45, 7) is 4.32. The molecular formula is C14H21Cl2N3. The normalized spacial score (nSPS) is 20.2. The highest BCUT2D eigenvalue weighted by molar-refractivity contribution is 6.37. The molecular weight excluding hydrogens is 281 g/mol. The fourth-order valence-corrected chi connectivity index (χ4v) is 3.21. The van der Waals surface area contributed by atoms with E-state index in [1.807, 2.05) is 7.05 Å². The number of nitrogens with one attached hydrogen (secondary N) is 1. The molecule has 1 unspecified atom stereocenters. The van der Waals surface area contributed by atoms with E-state index in [9.17, 15) is 0 Å². The average molecular weight is 302 g/mol. The summed E-state index contributed by atoms with van der Waals surface area (Å²) in [5, 5.41) is 4.21. The Morgan fingerprint density at radius 3 is 2.79 bits per heavy atom. The highest BCUT2D eigenvalue weighted by Gasteiger charge is 2.20. The van der Waals surface area contributed by atoms with Gasteiger partial charge in [-0.2, -0.15) is 0 Å². The van der Waals surface area contributed by atoms with Crippen LogP contribution in [0.2, 0.25) is 10.0 Å². The zero-order valence-electron chi connectivity index (χ0n) is 11.5. The van der Waals surface area contributed by atoms with E-state index in [2.05, 4.69) is 22.1 Å². The Bertz CT molecular complexity index is 437. The summed E-state index contributed by atoms with van der Waals surface area (Å²) >= 11 is 12.4. The maximum atomic E-state index is 6.30. The lowest BCUT2D eigenvalue weighted by Gasteiger charge is -2.23. The van der Waals surface area contributed by atoms with Crippen molar-refractivity contribution in [2.75, 3.05) is 30.4 Å². The SMILES string of the molecule is CCC1CCCN(c2nc(NC)c(Cl)cc2Cl)CC1. The monoisotopic (exact) mass is 301 g/mol. The van der Waals surface area contributed by atoms with Crippen LogP contribution in [0.25, 0.3) is 0 Å². The fourth-order valence-electron chi connectivity index (χ4n) is 2.64. The Balaban J connectivity index is 2.21. The quantitative estimate of drug-likeness (QED) is 0.894. The number of anilines is 2. The van der Waals surface area contributed by atoms with E-state index in [0.29, 0.717) is 15.9 Å². The molecule has 0 spiro atoms. The molecule has 5 heteroatoms. The summed E-state index contributed by atoms with van der Waals surface area (Å²) in [4.78, 5) is 6.84. The first-order valence-electron chi connectivity index (χ1n) is 6.94. The van der Waals surface area contributed by atoms with Gasteiger partial charge in [-0.15, -0.1) is 0 Å². The predicted molar refractivity (Wildman–Crippen MR) is 83.6 cm³/mol. The molecule has 2 heterocycles. The molecule has 0 amide bonds. The Morgan fingerprint density at radius 1 is 1.32 bits per heavy atom. The summed E-state index contributed by atoms with van der Waals surface area (Å²) in [7, 11) is 1.82. The van der Waals surface area contributed by atoms with Gasteiger partial charge in [0.1, 0.15) is 11.6 Å². The van der Waals surface area contributed by atoms with Crippen molar-refractivity contribution in [3.8, 4) is 0 Å². The molecule has 0 aliphatic carbocycles. The minimum atomic E-state index is 0.567. The summed E-state index contributed by atoms with van der Waals surface area (Å²) in [6, 6.07) is 1.78. The van der Waals surface area contributed by atoms with Crippen LogP contribution in [0.5, 0.6) is 0 Å². The molecule has 1 aromatic heterocycles. The number of nitrogens with zero attached hydrogens (tertiary/aromatic N) is 2. The minimum Gasteiger partial charge on any atom is -0.372 e. The van der Waals surface area contributed by atoms with Crippen molar-refractivity contribution in [3.63, 3.8) is 0 Å². The molecule has 19 heavy (non-hydrogen) atoms. The van der Waals surface area contributed by atoms with E-state index in [-0.39, 0.29) is 0 Å². The van der Waals surface area contributed by atoms with Crippen molar-refractivity contribution in [1.29, 1.82) is 0 Å². The van der Waals surface area contributed by atoms with Gasteiger partial charge in [0.25, 0.3) is 0 Å². The van der Waals surface area contributed by atoms with Gasteiger partial charge in [0, 0.05) is 20.1 Å². The lowest BCUT2D eigenvalue weighted by atomic mass is 9.98. The zero-order chi connectivity index (χ0) is 13.8. The van der Waals surface area contributed by atoms with Gasteiger partial charge in [-0.05, 0) is 31.2 Å². The zero-order valence-corrected chi connectivity index (χ0v) is 13.1. The standard InChI is InChI=1S/C14H21Cl2N3/c1-3-10-5-4-7-19(8-6-10)14-12(16)9-11(15)13(17-2)18-14/h9-10H,3-8H2,1-2H3,(H,17,18). The molecule has 1 aromatic rings. The molecule has 0 saturated carbocycles. The lowest BCUT2D eigenvalue weighted by molar-refractivity contribution is 0.459. The third-order valence-electron chi connectivity index (χ3n) is 3.87. The third kappa shape index (κ3) is 3.46. The van der Waals surface area contributed by atoms with Gasteiger partial charge in [-0.1, -0.05) is 36.5 Å². The molecule has 1 atom stereocenters. The van der Waals surface area contributed by atoms with Crippen molar-refractivity contribution in [1.82, 2.24) is 4.98 Å². The van der Waals surface area contributed by atoms with E-state index in [1.54, 1.807) is 6.07 Å². The van der Waals surface area contributed by atoms with Crippen LogP contribution in [0, 0.1) is 5.92 Å². The topological polar surface area (TPSA) is 28.2 Å². The summed E-state index contributed by atoms with van der Waals surface area (Å²) < 4.78 is 0.